The molecule has 1 atom stereocenters. The molecule has 1 unspecified atom stereocenters. The van der Waals surface area contributed by atoms with Crippen molar-refractivity contribution in [2.24, 2.45) is 10.9 Å². The Hall–Kier alpha value is -1.35. The van der Waals surface area contributed by atoms with Gasteiger partial charge in [0, 0.05) is 25.0 Å². The maximum absolute atomic E-state index is 12.6. The molecule has 1 aliphatic heterocycles. The van der Waals surface area contributed by atoms with Gasteiger partial charge in [-0.15, -0.1) is 11.3 Å². The number of aliphatic imine (C=N–C) groups is 1. The predicted molar refractivity (Wildman–Crippen MR) is 99.4 cm³/mol. The van der Waals surface area contributed by atoms with Crippen molar-refractivity contribution in [3.05, 3.63) is 16.1 Å². The molecular formula is C17H28F3N5S. The first-order valence-electron chi connectivity index (χ1n) is 8.99. The number of halogens is 3. The lowest BCUT2D eigenvalue weighted by Gasteiger charge is -2.29. The van der Waals surface area contributed by atoms with Crippen LogP contribution in [0.2, 0.25) is 0 Å². The molecule has 0 bridgehead atoms. The van der Waals surface area contributed by atoms with E-state index in [-0.39, 0.29) is 6.54 Å². The number of alkyl halides is 3. The van der Waals surface area contributed by atoms with E-state index in [0.717, 1.165) is 42.8 Å². The van der Waals surface area contributed by atoms with Gasteiger partial charge in [0.05, 0.1) is 6.54 Å². The molecule has 1 saturated heterocycles. The van der Waals surface area contributed by atoms with Crippen LogP contribution in [0.1, 0.15) is 43.8 Å². The van der Waals surface area contributed by atoms with E-state index in [9.17, 15) is 13.2 Å². The number of likely N-dealkylation sites (tertiary alicyclic amines) is 1. The molecule has 0 saturated carbocycles. The Morgan fingerprint density at radius 3 is 2.54 bits per heavy atom. The Morgan fingerprint density at radius 1 is 1.31 bits per heavy atom. The van der Waals surface area contributed by atoms with Crippen molar-refractivity contribution in [1.82, 2.24) is 20.5 Å². The highest BCUT2D eigenvalue weighted by Crippen LogP contribution is 2.29. The van der Waals surface area contributed by atoms with E-state index in [4.69, 9.17) is 0 Å². The van der Waals surface area contributed by atoms with Crippen LogP contribution in [0.3, 0.4) is 0 Å². The molecule has 148 valence electrons. The number of nitrogens with one attached hydrogen (secondary N) is 2. The monoisotopic (exact) mass is 391 g/mol. The molecule has 2 N–H and O–H groups in total. The first-order chi connectivity index (χ1) is 12.3. The van der Waals surface area contributed by atoms with E-state index in [1.54, 1.807) is 7.05 Å². The van der Waals surface area contributed by atoms with Crippen LogP contribution < -0.4 is 10.6 Å². The normalized spacial score (nSPS) is 17.7. The quantitative estimate of drug-likeness (QED) is 0.553. The van der Waals surface area contributed by atoms with Crippen molar-refractivity contribution >= 4 is 17.3 Å². The first kappa shape index (κ1) is 21.0. The molecule has 0 radical (unpaired) electrons. The summed E-state index contributed by atoms with van der Waals surface area (Å²) in [5, 5.41) is 7.79. The minimum absolute atomic E-state index is 0.221. The molecule has 0 amide bonds. The van der Waals surface area contributed by atoms with Gasteiger partial charge in [0.1, 0.15) is 5.01 Å². The van der Waals surface area contributed by atoms with Crippen molar-refractivity contribution in [1.29, 1.82) is 0 Å². The maximum atomic E-state index is 12.6. The fourth-order valence-corrected chi connectivity index (χ4v) is 3.87. The highest BCUT2D eigenvalue weighted by molar-refractivity contribution is 7.09. The summed E-state index contributed by atoms with van der Waals surface area (Å²) in [5.41, 5.74) is -0.840. The van der Waals surface area contributed by atoms with Crippen molar-refractivity contribution < 1.29 is 13.2 Å². The van der Waals surface area contributed by atoms with Crippen molar-refractivity contribution in [3.8, 4) is 0 Å². The van der Waals surface area contributed by atoms with Crippen LogP contribution in [0.25, 0.3) is 0 Å². The van der Waals surface area contributed by atoms with Gasteiger partial charge in [-0.1, -0.05) is 13.8 Å². The average Bonchev–Trinajstić information content (AvgIpc) is 3.24. The highest BCUT2D eigenvalue weighted by atomic mass is 32.1. The van der Waals surface area contributed by atoms with Crippen LogP contribution in [-0.4, -0.2) is 48.6 Å². The lowest BCUT2D eigenvalue weighted by atomic mass is 10.0. The molecule has 9 heteroatoms. The Morgan fingerprint density at radius 2 is 2.00 bits per heavy atom. The Kier molecular flexibility index (Phi) is 7.69. The van der Waals surface area contributed by atoms with Gasteiger partial charge in [-0.2, -0.15) is 13.2 Å². The highest BCUT2D eigenvalue weighted by Gasteiger charge is 2.33. The molecule has 1 aromatic rings. The van der Waals surface area contributed by atoms with E-state index in [0.29, 0.717) is 22.9 Å². The molecule has 1 aliphatic rings. The predicted octanol–water partition coefficient (Wildman–Crippen LogP) is 3.34. The summed E-state index contributed by atoms with van der Waals surface area (Å²) in [6, 6.07) is 0.438. The lowest BCUT2D eigenvalue weighted by Crippen LogP contribution is -2.46. The maximum Gasteiger partial charge on any atom is 0.434 e. The second kappa shape index (κ2) is 9.55. The van der Waals surface area contributed by atoms with Gasteiger partial charge in [0.25, 0.3) is 0 Å². The number of aromatic nitrogens is 1. The van der Waals surface area contributed by atoms with Gasteiger partial charge in [0.2, 0.25) is 0 Å². The van der Waals surface area contributed by atoms with Crippen LogP contribution in [0.5, 0.6) is 0 Å². The molecule has 2 rings (SSSR count). The van der Waals surface area contributed by atoms with Crippen LogP contribution in [-0.2, 0) is 12.7 Å². The standard InChI is InChI=1S/C17H28F3N5S/c1-12(2)8-13(25-6-4-5-7-25)9-22-16(21-3)23-10-15-24-14(11-26-15)17(18,19)20/h11-13H,4-10H2,1-3H3,(H2,21,22,23). The molecule has 5 nitrogen and oxygen atoms in total. The molecule has 26 heavy (non-hydrogen) atoms. The number of nitrogens with zero attached hydrogens (tertiary/aromatic N) is 3. The zero-order chi connectivity index (χ0) is 19.2. The Balaban J connectivity index is 1.85. The molecule has 0 spiro atoms. The number of thiazole rings is 1. The summed E-state index contributed by atoms with van der Waals surface area (Å²) in [6.45, 7) is 7.69. The van der Waals surface area contributed by atoms with Crippen molar-refractivity contribution in [2.75, 3.05) is 26.7 Å². The van der Waals surface area contributed by atoms with E-state index >= 15 is 0 Å². The second-order valence-electron chi connectivity index (χ2n) is 6.96. The minimum Gasteiger partial charge on any atom is -0.355 e. The van der Waals surface area contributed by atoms with E-state index in [1.165, 1.54) is 12.8 Å². The SMILES string of the molecule is CN=C(NCc1nc(C(F)(F)F)cs1)NCC(CC(C)C)N1CCCC1. The van der Waals surface area contributed by atoms with Crippen molar-refractivity contribution in [2.45, 2.75) is 51.9 Å². The second-order valence-corrected chi connectivity index (χ2v) is 7.90. The van der Waals surface area contributed by atoms with Crippen molar-refractivity contribution in [3.63, 3.8) is 0 Å². The lowest BCUT2D eigenvalue weighted by molar-refractivity contribution is -0.140. The largest absolute Gasteiger partial charge is 0.434 e. The first-order valence-corrected chi connectivity index (χ1v) is 9.87. The third kappa shape index (κ3) is 6.42. The molecule has 0 aromatic carbocycles. The van der Waals surface area contributed by atoms with E-state index in [1.807, 2.05) is 0 Å². The number of hydrogen-bond acceptors (Lipinski definition) is 4. The van der Waals surface area contributed by atoms with E-state index < -0.39 is 11.9 Å². The summed E-state index contributed by atoms with van der Waals surface area (Å²) in [4.78, 5) is 10.3. The zero-order valence-corrected chi connectivity index (χ0v) is 16.4. The zero-order valence-electron chi connectivity index (χ0n) is 15.6. The van der Waals surface area contributed by atoms with Crippen LogP contribution in [0.15, 0.2) is 10.4 Å². The molecular weight excluding hydrogens is 363 g/mol. The van der Waals surface area contributed by atoms with Gasteiger partial charge in [-0.3, -0.25) is 9.89 Å². The van der Waals surface area contributed by atoms with Crippen LogP contribution in [0.4, 0.5) is 13.2 Å². The summed E-state index contributed by atoms with van der Waals surface area (Å²) in [7, 11) is 1.66. The Labute approximate surface area is 157 Å². The Bertz CT molecular complexity index is 579. The van der Waals surface area contributed by atoms with Gasteiger partial charge < -0.3 is 10.6 Å². The summed E-state index contributed by atoms with van der Waals surface area (Å²) in [6.07, 6.45) is -0.805. The smallest absolute Gasteiger partial charge is 0.355 e. The number of rotatable bonds is 7. The molecule has 1 aromatic heterocycles. The third-order valence-electron chi connectivity index (χ3n) is 4.38. The summed E-state index contributed by atoms with van der Waals surface area (Å²) < 4.78 is 37.8. The topological polar surface area (TPSA) is 52.6 Å². The van der Waals surface area contributed by atoms with Gasteiger partial charge in [-0.05, 0) is 38.3 Å². The molecule has 2 heterocycles. The fourth-order valence-electron chi connectivity index (χ4n) is 3.13. The fraction of sp³-hybridized carbons (Fsp3) is 0.765. The summed E-state index contributed by atoms with van der Waals surface area (Å²) in [5.74, 6) is 1.19. The number of guanidine groups is 1. The summed E-state index contributed by atoms with van der Waals surface area (Å²) >= 11 is 0.997. The van der Waals surface area contributed by atoms with Gasteiger partial charge in [-0.25, -0.2) is 4.98 Å². The van der Waals surface area contributed by atoms with E-state index in [2.05, 4.69) is 39.4 Å². The van der Waals surface area contributed by atoms with Gasteiger partial charge in [0.15, 0.2) is 11.7 Å². The molecule has 0 aliphatic carbocycles. The van der Waals surface area contributed by atoms with Gasteiger partial charge >= 0.3 is 6.18 Å². The minimum atomic E-state index is -4.39. The van der Waals surface area contributed by atoms with Crippen LogP contribution >= 0.6 is 11.3 Å². The van der Waals surface area contributed by atoms with Crippen LogP contribution in [0, 0.1) is 5.92 Å². The third-order valence-corrected chi connectivity index (χ3v) is 5.23. The average molecular weight is 392 g/mol. The number of hydrogen-bond donors (Lipinski definition) is 2. The molecule has 1 fully saturated rings.